The van der Waals surface area contributed by atoms with E-state index in [2.05, 4.69) is 71.0 Å². The SMILES string of the molecule is CCC(C)(C)/C=C\C1=CCC(C)(C)c2ccc(CCc3ccc(C(=O)O)cc3)cc21. The number of benzene rings is 2. The van der Waals surface area contributed by atoms with E-state index in [1.807, 2.05) is 12.1 Å². The van der Waals surface area contributed by atoms with Gasteiger partial charge in [0.2, 0.25) is 0 Å². The molecule has 0 fully saturated rings. The summed E-state index contributed by atoms with van der Waals surface area (Å²) in [5.74, 6) is -0.877. The van der Waals surface area contributed by atoms with Crippen LogP contribution in [0.5, 0.6) is 0 Å². The Balaban J connectivity index is 1.83. The number of allylic oxidation sites excluding steroid dienone is 4. The molecule has 158 valence electrons. The van der Waals surface area contributed by atoms with Crippen LogP contribution in [0, 0.1) is 5.41 Å². The summed E-state index contributed by atoms with van der Waals surface area (Å²) in [5, 5.41) is 9.06. The van der Waals surface area contributed by atoms with Crippen molar-refractivity contribution in [2.24, 2.45) is 5.41 Å². The van der Waals surface area contributed by atoms with Crippen molar-refractivity contribution in [2.75, 3.05) is 0 Å². The minimum absolute atomic E-state index is 0.151. The van der Waals surface area contributed by atoms with E-state index in [9.17, 15) is 4.79 Å². The van der Waals surface area contributed by atoms with Gasteiger partial charge in [0, 0.05) is 0 Å². The monoisotopic (exact) mass is 402 g/mol. The third kappa shape index (κ3) is 5.11. The molecule has 1 N–H and O–H groups in total. The van der Waals surface area contributed by atoms with Gasteiger partial charge in [-0.1, -0.05) is 83.2 Å². The molecule has 1 aliphatic rings. The first-order valence-electron chi connectivity index (χ1n) is 11.0. The van der Waals surface area contributed by atoms with Crippen molar-refractivity contribution < 1.29 is 9.90 Å². The predicted octanol–water partition coefficient (Wildman–Crippen LogP) is 7.23. The summed E-state index contributed by atoms with van der Waals surface area (Å²) in [5.41, 5.74) is 7.29. The Kier molecular flexibility index (Phi) is 6.36. The molecule has 0 aliphatic heterocycles. The standard InChI is InChI=1S/C28H34O2/c1-6-27(2,3)17-15-22-16-18-28(4,5)25-14-11-21(19-24(22)25)8-7-20-9-12-23(13-10-20)26(29)30/h9-17,19H,6-8,18H2,1-5H3,(H,29,30)/b17-15-. The average Bonchev–Trinajstić information content (AvgIpc) is 2.72. The lowest BCUT2D eigenvalue weighted by Gasteiger charge is -2.32. The third-order valence-corrected chi connectivity index (χ3v) is 6.48. The van der Waals surface area contributed by atoms with Crippen molar-refractivity contribution in [1.29, 1.82) is 0 Å². The van der Waals surface area contributed by atoms with Crippen LogP contribution in [-0.4, -0.2) is 11.1 Å². The number of fused-ring (bicyclic) bond motifs is 1. The molecule has 1 aliphatic carbocycles. The molecule has 0 heterocycles. The van der Waals surface area contributed by atoms with E-state index in [-0.39, 0.29) is 10.8 Å². The summed E-state index contributed by atoms with van der Waals surface area (Å²) in [4.78, 5) is 11.0. The Labute approximate surface area is 181 Å². The Hall–Kier alpha value is -2.61. The molecule has 0 radical (unpaired) electrons. The maximum atomic E-state index is 11.0. The number of aryl methyl sites for hydroxylation is 2. The first kappa shape index (κ1) is 22.1. The zero-order valence-corrected chi connectivity index (χ0v) is 19.0. The molecule has 30 heavy (non-hydrogen) atoms. The van der Waals surface area contributed by atoms with Gasteiger partial charge in [-0.05, 0) is 76.5 Å². The number of hydrogen-bond acceptors (Lipinski definition) is 1. The lowest BCUT2D eigenvalue weighted by atomic mass is 9.72. The second-order valence-electron chi connectivity index (χ2n) is 9.80. The van der Waals surface area contributed by atoms with Crippen LogP contribution in [0.1, 0.15) is 80.1 Å². The molecule has 2 nitrogen and oxygen atoms in total. The summed E-state index contributed by atoms with van der Waals surface area (Å²) < 4.78 is 0. The van der Waals surface area contributed by atoms with Crippen LogP contribution in [0.4, 0.5) is 0 Å². The van der Waals surface area contributed by atoms with Gasteiger partial charge in [-0.25, -0.2) is 4.79 Å². The van der Waals surface area contributed by atoms with Crippen molar-refractivity contribution in [3.8, 4) is 0 Å². The highest BCUT2D eigenvalue weighted by molar-refractivity contribution is 5.87. The number of carboxylic acids is 1. The first-order chi connectivity index (χ1) is 14.1. The van der Waals surface area contributed by atoms with E-state index in [0.717, 1.165) is 25.7 Å². The van der Waals surface area contributed by atoms with E-state index >= 15 is 0 Å². The number of rotatable bonds is 7. The van der Waals surface area contributed by atoms with Crippen molar-refractivity contribution in [1.82, 2.24) is 0 Å². The van der Waals surface area contributed by atoms with Gasteiger partial charge in [0.15, 0.2) is 0 Å². The number of aromatic carboxylic acids is 1. The van der Waals surface area contributed by atoms with Crippen molar-refractivity contribution in [3.63, 3.8) is 0 Å². The van der Waals surface area contributed by atoms with Crippen LogP contribution < -0.4 is 0 Å². The highest BCUT2D eigenvalue weighted by Gasteiger charge is 2.27. The topological polar surface area (TPSA) is 37.3 Å². The van der Waals surface area contributed by atoms with Crippen LogP contribution in [0.3, 0.4) is 0 Å². The van der Waals surface area contributed by atoms with E-state index in [1.165, 1.54) is 27.8 Å². The van der Waals surface area contributed by atoms with Crippen LogP contribution in [0.25, 0.3) is 5.57 Å². The van der Waals surface area contributed by atoms with Gasteiger partial charge in [-0.15, -0.1) is 0 Å². The molecule has 0 amide bonds. The van der Waals surface area contributed by atoms with Gasteiger partial charge in [0.05, 0.1) is 5.56 Å². The molecule has 0 spiro atoms. The zero-order valence-electron chi connectivity index (χ0n) is 19.0. The van der Waals surface area contributed by atoms with Gasteiger partial charge in [0.25, 0.3) is 0 Å². The quantitative estimate of drug-likeness (QED) is 0.530. The summed E-state index contributed by atoms with van der Waals surface area (Å²) in [6, 6.07) is 14.1. The maximum absolute atomic E-state index is 11.0. The van der Waals surface area contributed by atoms with E-state index in [0.29, 0.717) is 5.56 Å². The zero-order chi connectivity index (χ0) is 21.9. The molecule has 0 unspecified atom stereocenters. The molecule has 2 heteroatoms. The first-order valence-corrected chi connectivity index (χ1v) is 11.0. The highest BCUT2D eigenvalue weighted by Crippen LogP contribution is 2.40. The van der Waals surface area contributed by atoms with Gasteiger partial charge >= 0.3 is 5.97 Å². The van der Waals surface area contributed by atoms with Gasteiger partial charge < -0.3 is 5.11 Å². The fraction of sp³-hybridized carbons (Fsp3) is 0.393. The van der Waals surface area contributed by atoms with Crippen molar-refractivity contribution in [3.05, 3.63) is 88.5 Å². The summed E-state index contributed by atoms with van der Waals surface area (Å²) in [6.45, 7) is 11.4. The van der Waals surface area contributed by atoms with Gasteiger partial charge in [-0.2, -0.15) is 0 Å². The smallest absolute Gasteiger partial charge is 0.335 e. The summed E-state index contributed by atoms with van der Waals surface area (Å²) in [6.07, 6.45) is 11.1. The molecule has 2 aromatic carbocycles. The lowest BCUT2D eigenvalue weighted by Crippen LogP contribution is -2.21. The Morgan fingerprint density at radius 2 is 1.70 bits per heavy atom. The Bertz CT molecular complexity index is 972. The highest BCUT2D eigenvalue weighted by atomic mass is 16.4. The van der Waals surface area contributed by atoms with E-state index in [4.69, 9.17) is 5.11 Å². The lowest BCUT2D eigenvalue weighted by molar-refractivity contribution is 0.0697. The van der Waals surface area contributed by atoms with Crippen molar-refractivity contribution >= 4 is 11.5 Å². The van der Waals surface area contributed by atoms with E-state index < -0.39 is 5.97 Å². The fourth-order valence-electron chi connectivity index (χ4n) is 3.85. The molecule has 0 aromatic heterocycles. The predicted molar refractivity (Wildman–Crippen MR) is 126 cm³/mol. The Morgan fingerprint density at radius 3 is 2.33 bits per heavy atom. The van der Waals surface area contributed by atoms with Crippen molar-refractivity contribution in [2.45, 2.75) is 65.7 Å². The minimum Gasteiger partial charge on any atom is -0.478 e. The molecule has 2 aromatic rings. The average molecular weight is 403 g/mol. The maximum Gasteiger partial charge on any atom is 0.335 e. The fourth-order valence-corrected chi connectivity index (χ4v) is 3.85. The largest absolute Gasteiger partial charge is 0.478 e. The normalized spacial score (nSPS) is 15.7. The van der Waals surface area contributed by atoms with Gasteiger partial charge in [0.1, 0.15) is 0 Å². The number of hydrogen-bond donors (Lipinski definition) is 1. The second kappa shape index (κ2) is 8.63. The molecule has 0 atom stereocenters. The Morgan fingerprint density at radius 1 is 1.07 bits per heavy atom. The molecule has 3 rings (SSSR count). The molecule has 0 bridgehead atoms. The molecular formula is C28H34O2. The van der Waals surface area contributed by atoms with Crippen LogP contribution >= 0.6 is 0 Å². The van der Waals surface area contributed by atoms with Crippen LogP contribution in [0.2, 0.25) is 0 Å². The van der Waals surface area contributed by atoms with Crippen LogP contribution in [-0.2, 0) is 18.3 Å². The van der Waals surface area contributed by atoms with Crippen LogP contribution in [0.15, 0.2) is 60.7 Å². The number of carbonyl (C=O) groups is 1. The van der Waals surface area contributed by atoms with E-state index in [1.54, 1.807) is 12.1 Å². The molecule has 0 saturated carbocycles. The minimum atomic E-state index is -0.877. The molecular weight excluding hydrogens is 368 g/mol. The summed E-state index contributed by atoms with van der Waals surface area (Å²) in [7, 11) is 0. The molecule has 0 saturated heterocycles. The third-order valence-electron chi connectivity index (χ3n) is 6.48. The van der Waals surface area contributed by atoms with Gasteiger partial charge in [-0.3, -0.25) is 0 Å². The number of carboxylic acid groups (broad SMARTS) is 1. The summed E-state index contributed by atoms with van der Waals surface area (Å²) >= 11 is 0. The second-order valence-corrected chi connectivity index (χ2v) is 9.80.